The van der Waals surface area contributed by atoms with E-state index in [-0.39, 0.29) is 12.0 Å². The number of carboxylic acid groups (broad SMARTS) is 1. The second-order valence-corrected chi connectivity index (χ2v) is 5.65. The van der Waals surface area contributed by atoms with Crippen LogP contribution in [0.15, 0.2) is 12.2 Å². The molecule has 0 spiro atoms. The standard InChI is InChI=1S/C14H27NO3/c1-5-6-7-8-9-13(16)11-15(3,4)10-12(2)14(17)18/h6-7,12-13,16H,5,8-11H2,1-4H3/p+1/b7-6+. The number of hydrogen-bond acceptors (Lipinski definition) is 2. The molecule has 0 fully saturated rings. The molecule has 0 aliphatic heterocycles. The predicted molar refractivity (Wildman–Crippen MR) is 73.3 cm³/mol. The maximum Gasteiger partial charge on any atom is 0.311 e. The van der Waals surface area contributed by atoms with Gasteiger partial charge in [0.25, 0.3) is 0 Å². The maximum absolute atomic E-state index is 10.8. The topological polar surface area (TPSA) is 57.5 Å². The molecule has 0 amide bonds. The molecule has 4 heteroatoms. The van der Waals surface area contributed by atoms with E-state index in [0.717, 1.165) is 19.3 Å². The molecule has 0 aromatic heterocycles. The number of carbonyl (C=O) groups is 1. The van der Waals surface area contributed by atoms with E-state index >= 15 is 0 Å². The van der Waals surface area contributed by atoms with E-state index in [1.165, 1.54) is 0 Å². The van der Waals surface area contributed by atoms with Crippen LogP contribution < -0.4 is 0 Å². The molecule has 2 atom stereocenters. The molecule has 2 unspecified atom stereocenters. The summed E-state index contributed by atoms with van der Waals surface area (Å²) in [6.45, 7) is 4.92. The van der Waals surface area contributed by atoms with Crippen molar-refractivity contribution >= 4 is 5.97 Å². The molecular weight excluding hydrogens is 230 g/mol. The van der Waals surface area contributed by atoms with E-state index in [0.29, 0.717) is 17.6 Å². The number of carboxylic acids is 1. The van der Waals surface area contributed by atoms with Crippen molar-refractivity contribution in [3.8, 4) is 0 Å². The fourth-order valence-electron chi connectivity index (χ4n) is 2.13. The van der Waals surface area contributed by atoms with Gasteiger partial charge in [-0.25, -0.2) is 0 Å². The first-order valence-electron chi connectivity index (χ1n) is 6.66. The second-order valence-electron chi connectivity index (χ2n) is 5.65. The molecule has 0 rings (SSSR count). The minimum absolute atomic E-state index is 0.373. The van der Waals surface area contributed by atoms with Crippen molar-refractivity contribution in [1.82, 2.24) is 0 Å². The summed E-state index contributed by atoms with van der Waals surface area (Å²) in [5.41, 5.74) is 0. The molecule has 4 nitrogen and oxygen atoms in total. The summed E-state index contributed by atoms with van der Waals surface area (Å²) in [6.07, 6.45) is 6.45. The van der Waals surface area contributed by atoms with E-state index in [9.17, 15) is 9.90 Å². The zero-order chi connectivity index (χ0) is 14.2. The molecule has 18 heavy (non-hydrogen) atoms. The summed E-state index contributed by atoms with van der Waals surface area (Å²) in [4.78, 5) is 10.8. The van der Waals surface area contributed by atoms with Gasteiger partial charge in [0, 0.05) is 0 Å². The lowest BCUT2D eigenvalue weighted by molar-refractivity contribution is -0.895. The average Bonchev–Trinajstić information content (AvgIpc) is 2.22. The Hall–Kier alpha value is -0.870. The summed E-state index contributed by atoms with van der Waals surface area (Å²) < 4.78 is 0.534. The highest BCUT2D eigenvalue weighted by Crippen LogP contribution is 2.10. The summed E-state index contributed by atoms with van der Waals surface area (Å²) in [7, 11) is 3.93. The Labute approximate surface area is 111 Å². The molecule has 0 heterocycles. The van der Waals surface area contributed by atoms with E-state index < -0.39 is 5.97 Å². The van der Waals surface area contributed by atoms with Gasteiger partial charge < -0.3 is 14.7 Å². The predicted octanol–water partition coefficient (Wildman–Crippen LogP) is 1.89. The Balaban J connectivity index is 4.06. The lowest BCUT2D eigenvalue weighted by atomic mass is 10.1. The summed E-state index contributed by atoms with van der Waals surface area (Å²) in [5, 5.41) is 18.8. The molecule has 0 aromatic carbocycles. The van der Waals surface area contributed by atoms with Gasteiger partial charge in [-0.1, -0.05) is 19.1 Å². The van der Waals surface area contributed by atoms with Crippen molar-refractivity contribution in [2.45, 2.75) is 39.2 Å². The minimum Gasteiger partial charge on any atom is -0.481 e. The lowest BCUT2D eigenvalue weighted by Crippen LogP contribution is -2.48. The van der Waals surface area contributed by atoms with Gasteiger partial charge >= 0.3 is 5.97 Å². The molecular formula is C14H28NO3+. The monoisotopic (exact) mass is 258 g/mol. The van der Waals surface area contributed by atoms with Crippen molar-refractivity contribution in [3.05, 3.63) is 12.2 Å². The van der Waals surface area contributed by atoms with Crippen LogP contribution >= 0.6 is 0 Å². The summed E-state index contributed by atoms with van der Waals surface area (Å²) in [6, 6.07) is 0. The van der Waals surface area contributed by atoms with E-state index in [2.05, 4.69) is 19.1 Å². The molecule has 0 bridgehead atoms. The molecule has 0 aliphatic rings. The van der Waals surface area contributed by atoms with Crippen LogP contribution in [0.2, 0.25) is 0 Å². The Bertz CT molecular complexity index is 274. The Kier molecular flexibility index (Phi) is 7.87. The van der Waals surface area contributed by atoms with Crippen LogP contribution in [-0.4, -0.2) is 54.0 Å². The quantitative estimate of drug-likeness (QED) is 0.490. The number of aliphatic hydroxyl groups is 1. The van der Waals surface area contributed by atoms with Crippen molar-refractivity contribution in [2.24, 2.45) is 5.92 Å². The van der Waals surface area contributed by atoms with Crippen LogP contribution in [0.5, 0.6) is 0 Å². The molecule has 0 aliphatic carbocycles. The van der Waals surface area contributed by atoms with Gasteiger partial charge in [-0.15, -0.1) is 0 Å². The van der Waals surface area contributed by atoms with Gasteiger partial charge in [-0.05, 0) is 26.2 Å². The number of quaternary nitrogens is 1. The van der Waals surface area contributed by atoms with Gasteiger partial charge in [-0.2, -0.15) is 0 Å². The molecule has 0 saturated heterocycles. The first kappa shape index (κ1) is 17.1. The fourth-order valence-corrected chi connectivity index (χ4v) is 2.13. The van der Waals surface area contributed by atoms with Gasteiger partial charge in [0.05, 0.1) is 20.6 Å². The zero-order valence-corrected chi connectivity index (χ0v) is 12.1. The number of allylic oxidation sites excluding steroid dienone is 2. The first-order valence-corrected chi connectivity index (χ1v) is 6.66. The third kappa shape index (κ3) is 8.25. The normalized spacial score (nSPS) is 15.8. The van der Waals surface area contributed by atoms with E-state index in [1.807, 2.05) is 14.1 Å². The molecule has 0 radical (unpaired) electrons. The molecule has 0 aromatic rings. The highest BCUT2D eigenvalue weighted by Gasteiger charge is 2.26. The van der Waals surface area contributed by atoms with E-state index in [4.69, 9.17) is 5.11 Å². The Morgan fingerprint density at radius 1 is 1.28 bits per heavy atom. The zero-order valence-electron chi connectivity index (χ0n) is 12.1. The number of aliphatic carboxylic acids is 1. The Morgan fingerprint density at radius 3 is 2.39 bits per heavy atom. The van der Waals surface area contributed by atoms with Gasteiger partial charge in [0.15, 0.2) is 0 Å². The van der Waals surface area contributed by atoms with Crippen LogP contribution in [0, 0.1) is 5.92 Å². The van der Waals surface area contributed by atoms with Crippen molar-refractivity contribution in [2.75, 3.05) is 27.2 Å². The van der Waals surface area contributed by atoms with Crippen molar-refractivity contribution in [1.29, 1.82) is 0 Å². The molecule has 106 valence electrons. The fraction of sp³-hybridized carbons (Fsp3) is 0.786. The number of aliphatic hydroxyl groups excluding tert-OH is 1. The number of hydrogen-bond donors (Lipinski definition) is 2. The smallest absolute Gasteiger partial charge is 0.311 e. The van der Waals surface area contributed by atoms with Crippen LogP contribution in [0.25, 0.3) is 0 Å². The molecule has 0 saturated carbocycles. The van der Waals surface area contributed by atoms with Crippen LogP contribution in [0.3, 0.4) is 0 Å². The van der Waals surface area contributed by atoms with Crippen molar-refractivity contribution < 1.29 is 19.5 Å². The highest BCUT2D eigenvalue weighted by molar-refractivity contribution is 5.69. The van der Waals surface area contributed by atoms with Crippen molar-refractivity contribution in [3.63, 3.8) is 0 Å². The molecule has 2 N–H and O–H groups in total. The third-order valence-corrected chi connectivity index (χ3v) is 2.96. The van der Waals surface area contributed by atoms with Gasteiger partial charge in [0.1, 0.15) is 18.6 Å². The Morgan fingerprint density at radius 2 is 1.89 bits per heavy atom. The first-order chi connectivity index (χ1) is 8.28. The lowest BCUT2D eigenvalue weighted by Gasteiger charge is -2.33. The second kappa shape index (κ2) is 8.27. The van der Waals surface area contributed by atoms with Crippen LogP contribution in [0.1, 0.15) is 33.1 Å². The average molecular weight is 258 g/mol. The number of likely N-dealkylation sites (N-methyl/N-ethyl adjacent to an activating group) is 1. The van der Waals surface area contributed by atoms with Crippen LogP contribution in [0.4, 0.5) is 0 Å². The SMILES string of the molecule is CC/C=C/CCC(O)C[N+](C)(C)CC(C)C(=O)O. The minimum atomic E-state index is -0.776. The number of nitrogens with zero attached hydrogens (tertiary/aromatic N) is 1. The van der Waals surface area contributed by atoms with Crippen LogP contribution in [-0.2, 0) is 4.79 Å². The van der Waals surface area contributed by atoms with Gasteiger partial charge in [0.2, 0.25) is 0 Å². The summed E-state index contributed by atoms with van der Waals surface area (Å²) in [5.74, 6) is -1.16. The third-order valence-electron chi connectivity index (χ3n) is 2.96. The largest absolute Gasteiger partial charge is 0.481 e. The maximum atomic E-state index is 10.8. The highest BCUT2D eigenvalue weighted by atomic mass is 16.4. The van der Waals surface area contributed by atoms with Gasteiger partial charge in [-0.3, -0.25) is 4.79 Å². The number of rotatable bonds is 9. The summed E-state index contributed by atoms with van der Waals surface area (Å²) >= 11 is 0. The van der Waals surface area contributed by atoms with E-state index in [1.54, 1.807) is 6.92 Å².